The van der Waals surface area contributed by atoms with Gasteiger partial charge >= 0.3 is 5.97 Å². The molecule has 0 aliphatic rings. The molecule has 31 heavy (non-hydrogen) atoms. The smallest absolute Gasteiger partial charge is 0.341 e. The number of carbonyl (C=O) groups is 2. The zero-order valence-corrected chi connectivity index (χ0v) is 16.5. The first kappa shape index (κ1) is 21.6. The van der Waals surface area contributed by atoms with E-state index in [-0.39, 0.29) is 29.3 Å². The number of pyridine rings is 1. The topological polar surface area (TPSA) is 107 Å². The van der Waals surface area contributed by atoms with Gasteiger partial charge in [0.05, 0.1) is 7.11 Å². The number of carboxylic acid groups (broad SMARTS) is 1. The predicted octanol–water partition coefficient (Wildman–Crippen LogP) is 3.42. The Morgan fingerprint density at radius 2 is 1.87 bits per heavy atom. The molecule has 160 valence electrons. The molecule has 0 saturated heterocycles. The van der Waals surface area contributed by atoms with Gasteiger partial charge in [0.15, 0.2) is 6.61 Å². The Morgan fingerprint density at radius 1 is 1.06 bits per heavy atom. The molecule has 0 radical (unpaired) electrons. The summed E-state index contributed by atoms with van der Waals surface area (Å²) in [6.07, 6.45) is 1.49. The van der Waals surface area contributed by atoms with Gasteiger partial charge in [-0.3, -0.25) is 4.79 Å². The Morgan fingerprint density at radius 3 is 2.61 bits per heavy atom. The number of hydrogen-bond acceptors (Lipinski definition) is 6. The molecule has 0 aliphatic heterocycles. The first-order chi connectivity index (χ1) is 15.0. The molecule has 3 aromatic rings. The Balaban J connectivity index is 1.68. The number of carbonyl (C=O) groups excluding carboxylic acids is 1. The van der Waals surface area contributed by atoms with Crippen LogP contribution in [0.2, 0.25) is 0 Å². The highest BCUT2D eigenvalue weighted by Crippen LogP contribution is 2.26. The monoisotopic (exact) mass is 426 g/mol. The van der Waals surface area contributed by atoms with E-state index in [0.29, 0.717) is 11.5 Å². The third-order valence-corrected chi connectivity index (χ3v) is 4.10. The van der Waals surface area contributed by atoms with Crippen LogP contribution in [0.4, 0.5) is 4.39 Å². The quantitative estimate of drug-likeness (QED) is 0.540. The lowest BCUT2D eigenvalue weighted by Crippen LogP contribution is -2.24. The number of nitrogens with one attached hydrogen (secondary N) is 1. The van der Waals surface area contributed by atoms with Crippen molar-refractivity contribution >= 4 is 11.9 Å². The van der Waals surface area contributed by atoms with Crippen molar-refractivity contribution in [1.29, 1.82) is 0 Å². The maximum absolute atomic E-state index is 14.2. The van der Waals surface area contributed by atoms with Crippen LogP contribution in [0.5, 0.6) is 23.1 Å². The first-order valence-corrected chi connectivity index (χ1v) is 9.14. The summed E-state index contributed by atoms with van der Waals surface area (Å²) in [5.74, 6) is -1.11. The Bertz CT molecular complexity index is 1090. The van der Waals surface area contributed by atoms with Crippen molar-refractivity contribution in [3.05, 3.63) is 77.7 Å². The van der Waals surface area contributed by atoms with Crippen LogP contribution in [-0.4, -0.2) is 35.7 Å². The SMILES string of the molecule is COc1cccc(Oc2ncccc2C(=O)NCc2ccc(OCC(=O)O)cc2F)c1. The van der Waals surface area contributed by atoms with E-state index in [1.54, 1.807) is 30.3 Å². The molecule has 9 heteroatoms. The van der Waals surface area contributed by atoms with E-state index < -0.39 is 24.3 Å². The molecule has 1 amide bonds. The highest BCUT2D eigenvalue weighted by molar-refractivity contribution is 5.96. The van der Waals surface area contributed by atoms with Crippen molar-refractivity contribution in [2.45, 2.75) is 6.54 Å². The Kier molecular flexibility index (Phi) is 7.00. The maximum Gasteiger partial charge on any atom is 0.341 e. The minimum atomic E-state index is -1.17. The molecule has 0 saturated carbocycles. The van der Waals surface area contributed by atoms with E-state index in [0.717, 1.165) is 6.07 Å². The molecule has 2 N–H and O–H groups in total. The number of benzene rings is 2. The molecule has 0 aliphatic carbocycles. The van der Waals surface area contributed by atoms with Gasteiger partial charge in [-0.05, 0) is 30.3 Å². The van der Waals surface area contributed by atoms with Crippen LogP contribution in [0.15, 0.2) is 60.8 Å². The van der Waals surface area contributed by atoms with Gasteiger partial charge in [0.1, 0.15) is 28.6 Å². The fraction of sp³-hybridized carbons (Fsp3) is 0.136. The van der Waals surface area contributed by atoms with Gasteiger partial charge < -0.3 is 24.6 Å². The number of halogens is 1. The molecule has 0 bridgehead atoms. The van der Waals surface area contributed by atoms with Crippen LogP contribution in [0.1, 0.15) is 15.9 Å². The van der Waals surface area contributed by atoms with E-state index >= 15 is 0 Å². The summed E-state index contributed by atoms with van der Waals surface area (Å²) in [5, 5.41) is 11.2. The summed E-state index contributed by atoms with van der Waals surface area (Å²) in [7, 11) is 1.53. The largest absolute Gasteiger partial charge is 0.497 e. The molecule has 0 atom stereocenters. The highest BCUT2D eigenvalue weighted by atomic mass is 19.1. The molecule has 1 aromatic heterocycles. The molecule has 0 spiro atoms. The molecule has 2 aromatic carbocycles. The average Bonchev–Trinajstić information content (AvgIpc) is 2.77. The van der Waals surface area contributed by atoms with Crippen molar-refractivity contribution in [2.24, 2.45) is 0 Å². The van der Waals surface area contributed by atoms with Gasteiger partial charge in [0, 0.05) is 30.4 Å². The molecule has 0 unspecified atom stereocenters. The van der Waals surface area contributed by atoms with Crippen LogP contribution in [0.25, 0.3) is 0 Å². The second-order valence-electron chi connectivity index (χ2n) is 6.26. The molecule has 0 fully saturated rings. The number of nitrogens with zero attached hydrogens (tertiary/aromatic N) is 1. The molecular formula is C22H19FN2O6. The van der Waals surface area contributed by atoms with Crippen LogP contribution in [0, 0.1) is 5.82 Å². The van der Waals surface area contributed by atoms with Crippen molar-refractivity contribution in [2.75, 3.05) is 13.7 Å². The summed E-state index contributed by atoms with van der Waals surface area (Å²) in [5.41, 5.74) is 0.377. The lowest BCUT2D eigenvalue weighted by molar-refractivity contribution is -0.139. The average molecular weight is 426 g/mol. The second-order valence-corrected chi connectivity index (χ2v) is 6.26. The number of rotatable bonds is 9. The lowest BCUT2D eigenvalue weighted by atomic mass is 10.2. The van der Waals surface area contributed by atoms with Crippen LogP contribution < -0.4 is 19.5 Å². The van der Waals surface area contributed by atoms with Gasteiger partial charge in [0.25, 0.3) is 5.91 Å². The fourth-order valence-corrected chi connectivity index (χ4v) is 2.60. The third-order valence-electron chi connectivity index (χ3n) is 4.10. The third kappa shape index (κ3) is 5.92. The number of aromatic nitrogens is 1. The lowest BCUT2D eigenvalue weighted by Gasteiger charge is -2.12. The number of ether oxygens (including phenoxy) is 3. The summed E-state index contributed by atoms with van der Waals surface area (Å²) in [6.45, 7) is -0.677. The fourth-order valence-electron chi connectivity index (χ4n) is 2.60. The Labute approximate surface area is 177 Å². The van der Waals surface area contributed by atoms with E-state index in [4.69, 9.17) is 19.3 Å². The van der Waals surface area contributed by atoms with Crippen LogP contribution >= 0.6 is 0 Å². The van der Waals surface area contributed by atoms with E-state index in [1.807, 2.05) is 0 Å². The predicted molar refractivity (Wildman–Crippen MR) is 108 cm³/mol. The summed E-state index contributed by atoms with van der Waals surface area (Å²) >= 11 is 0. The maximum atomic E-state index is 14.2. The van der Waals surface area contributed by atoms with Crippen molar-refractivity contribution in [3.63, 3.8) is 0 Å². The zero-order valence-electron chi connectivity index (χ0n) is 16.5. The van der Waals surface area contributed by atoms with E-state index in [2.05, 4.69) is 10.3 Å². The zero-order chi connectivity index (χ0) is 22.2. The summed E-state index contributed by atoms with van der Waals surface area (Å²) in [6, 6.07) is 13.9. The standard InChI is InChI=1S/C22H19FN2O6/c1-29-15-4-2-5-17(10-15)31-22-18(6-3-9-24-22)21(28)25-12-14-7-8-16(11-19(14)23)30-13-20(26)27/h2-11H,12-13H2,1H3,(H,25,28)(H,26,27). The molecular weight excluding hydrogens is 407 g/mol. The number of hydrogen-bond donors (Lipinski definition) is 2. The summed E-state index contributed by atoms with van der Waals surface area (Å²) < 4.78 is 30.0. The van der Waals surface area contributed by atoms with E-state index in [1.165, 1.54) is 31.5 Å². The molecule has 3 rings (SSSR count). The van der Waals surface area contributed by atoms with Gasteiger partial charge in [-0.1, -0.05) is 12.1 Å². The normalized spacial score (nSPS) is 10.3. The van der Waals surface area contributed by atoms with Gasteiger partial charge in [-0.2, -0.15) is 0 Å². The first-order valence-electron chi connectivity index (χ1n) is 9.14. The molecule has 8 nitrogen and oxygen atoms in total. The molecule has 1 heterocycles. The van der Waals surface area contributed by atoms with Gasteiger partial charge in [-0.15, -0.1) is 0 Å². The van der Waals surface area contributed by atoms with Gasteiger partial charge in [-0.25, -0.2) is 14.2 Å². The number of amides is 1. The second kappa shape index (κ2) is 10.1. The number of carboxylic acids is 1. The Hall–Kier alpha value is -4.14. The van der Waals surface area contributed by atoms with Crippen LogP contribution in [-0.2, 0) is 11.3 Å². The summed E-state index contributed by atoms with van der Waals surface area (Å²) in [4.78, 5) is 27.3. The van der Waals surface area contributed by atoms with Crippen LogP contribution in [0.3, 0.4) is 0 Å². The van der Waals surface area contributed by atoms with Crippen molar-refractivity contribution in [3.8, 4) is 23.1 Å². The number of methoxy groups -OCH3 is 1. The van der Waals surface area contributed by atoms with Gasteiger partial charge in [0.2, 0.25) is 5.88 Å². The van der Waals surface area contributed by atoms with Crippen molar-refractivity contribution in [1.82, 2.24) is 10.3 Å². The highest BCUT2D eigenvalue weighted by Gasteiger charge is 2.15. The minimum Gasteiger partial charge on any atom is -0.497 e. The number of aliphatic carboxylic acids is 1. The van der Waals surface area contributed by atoms with E-state index in [9.17, 15) is 14.0 Å². The minimum absolute atomic E-state index is 0.0798. The van der Waals surface area contributed by atoms with Crippen molar-refractivity contribution < 1.29 is 33.3 Å².